The van der Waals surface area contributed by atoms with Crippen molar-refractivity contribution in [3.63, 3.8) is 0 Å². The summed E-state index contributed by atoms with van der Waals surface area (Å²) in [6.45, 7) is 2.31. The molecule has 9 rings (SSSR count). The van der Waals surface area contributed by atoms with E-state index in [9.17, 15) is 32.8 Å². The molecule has 1 atom stereocenters. The van der Waals surface area contributed by atoms with Crippen LogP contribution in [0.2, 0.25) is 5.02 Å². The van der Waals surface area contributed by atoms with Crippen molar-refractivity contribution in [2.45, 2.75) is 76.2 Å². The Labute approximate surface area is 407 Å². The molecule has 70 heavy (non-hydrogen) atoms. The Balaban J connectivity index is 0.652. The molecular weight excluding hydrogens is 924 g/mol. The molecular formula is C51H50ClF2N9O7. The quantitative estimate of drug-likeness (QED) is 0.0495. The van der Waals surface area contributed by atoms with Gasteiger partial charge in [0.15, 0.2) is 0 Å². The van der Waals surface area contributed by atoms with Crippen LogP contribution >= 0.6 is 11.6 Å². The van der Waals surface area contributed by atoms with Gasteiger partial charge in [-0.2, -0.15) is 0 Å². The van der Waals surface area contributed by atoms with Gasteiger partial charge in [0.25, 0.3) is 11.8 Å². The molecule has 4 aromatic carbocycles. The summed E-state index contributed by atoms with van der Waals surface area (Å²) < 4.78 is 41.3. The third kappa shape index (κ3) is 11.0. The van der Waals surface area contributed by atoms with Gasteiger partial charge >= 0.3 is 0 Å². The molecule has 0 bridgehead atoms. The lowest BCUT2D eigenvalue weighted by Gasteiger charge is -2.29. The van der Waals surface area contributed by atoms with Crippen LogP contribution in [0.3, 0.4) is 0 Å². The fourth-order valence-corrected chi connectivity index (χ4v) is 9.38. The molecule has 1 unspecified atom stereocenters. The maximum absolute atomic E-state index is 15.0. The number of halogens is 3. The lowest BCUT2D eigenvalue weighted by atomic mass is 9.91. The zero-order valence-electron chi connectivity index (χ0n) is 38.0. The maximum atomic E-state index is 15.0. The number of aromatic nitrogens is 2. The van der Waals surface area contributed by atoms with Crippen LogP contribution in [-0.4, -0.2) is 101 Å². The van der Waals surface area contributed by atoms with Crippen molar-refractivity contribution in [2.75, 3.05) is 43.6 Å². The summed E-state index contributed by atoms with van der Waals surface area (Å²) in [5, 5.41) is 15.4. The highest BCUT2D eigenvalue weighted by atomic mass is 35.5. The van der Waals surface area contributed by atoms with Crippen molar-refractivity contribution in [1.82, 2.24) is 30.8 Å². The van der Waals surface area contributed by atoms with Gasteiger partial charge in [-0.05, 0) is 92.8 Å². The van der Waals surface area contributed by atoms with Crippen molar-refractivity contribution in [3.05, 3.63) is 135 Å². The van der Waals surface area contributed by atoms with Crippen LogP contribution in [0, 0.1) is 11.6 Å². The fourth-order valence-electron chi connectivity index (χ4n) is 9.20. The summed E-state index contributed by atoms with van der Waals surface area (Å²) in [4.78, 5) is 78.3. The Morgan fingerprint density at radius 2 is 1.57 bits per heavy atom. The number of hydrogen-bond donors (Lipinski definition) is 5. The van der Waals surface area contributed by atoms with Crippen LogP contribution in [0.5, 0.6) is 0 Å². The predicted octanol–water partition coefficient (Wildman–Crippen LogP) is 6.62. The predicted molar refractivity (Wildman–Crippen MR) is 257 cm³/mol. The number of imide groups is 1. The van der Waals surface area contributed by atoms with Gasteiger partial charge in [0.2, 0.25) is 23.7 Å². The first-order valence-electron chi connectivity index (χ1n) is 23.3. The molecule has 1 saturated carbocycles. The first kappa shape index (κ1) is 48.1. The van der Waals surface area contributed by atoms with Gasteiger partial charge < -0.3 is 35.6 Å². The molecule has 2 fully saturated rings. The highest BCUT2D eigenvalue weighted by Crippen LogP contribution is 2.36. The number of fused-ring (bicyclic) bond motifs is 4. The number of anilines is 3. The number of ether oxygens (including phenoxy) is 2. The van der Waals surface area contributed by atoms with E-state index in [1.54, 1.807) is 66.9 Å². The van der Waals surface area contributed by atoms with Crippen LogP contribution in [-0.2, 0) is 36.9 Å². The molecule has 0 radical (unpaired) electrons. The highest BCUT2D eigenvalue weighted by molar-refractivity contribution is 6.31. The molecule has 1 aliphatic carbocycles. The van der Waals surface area contributed by atoms with Crippen molar-refractivity contribution in [1.29, 1.82) is 0 Å². The summed E-state index contributed by atoms with van der Waals surface area (Å²) in [5.74, 6) is -2.75. The summed E-state index contributed by atoms with van der Waals surface area (Å²) >= 11 is 6.36. The van der Waals surface area contributed by atoms with Crippen molar-refractivity contribution < 1.29 is 42.2 Å². The van der Waals surface area contributed by atoms with E-state index in [2.05, 4.69) is 36.6 Å². The molecule has 1 saturated heterocycles. The van der Waals surface area contributed by atoms with Gasteiger partial charge in [-0.25, -0.2) is 18.7 Å². The maximum Gasteiger partial charge on any atom is 0.255 e. The lowest BCUT2D eigenvalue weighted by molar-refractivity contribution is -0.137. The van der Waals surface area contributed by atoms with Gasteiger partial charge in [-0.15, -0.1) is 0 Å². The standard InChI is InChI=1S/C51H50ClF2N9O7/c52-31-9-16-35-37(25-31)47(45-39(53)4-2-5-40(45)54)56-26-30-27-57-51(62-46(30)35)59-34-10-7-29(8-11-34)48(66)58-33-14-12-32(13-15-33)55-20-22-70-24-23-69-21-19-44(65)60-41-6-1-3-36-38(41)28-63(50(36)68)42-17-18-43(64)61-49(42)67/h1-11,16,25,27,32-33,42,55H,12-15,17-24,26,28H2,(H,58,66)(H,60,65)(H,57,59,62)(H,61,64,67)/t32-,33+,42?. The zero-order chi connectivity index (χ0) is 48.7. The van der Waals surface area contributed by atoms with E-state index in [1.807, 2.05) is 0 Å². The first-order chi connectivity index (χ1) is 34.0. The molecule has 16 nitrogen and oxygen atoms in total. The normalized spacial score (nSPS) is 18.5. The van der Waals surface area contributed by atoms with E-state index in [-0.39, 0.29) is 85.9 Å². The Bertz CT molecular complexity index is 2840. The van der Waals surface area contributed by atoms with Crippen LogP contribution in [0.4, 0.5) is 26.1 Å². The van der Waals surface area contributed by atoms with Gasteiger partial charge in [0, 0.05) is 87.6 Å². The second kappa shape index (κ2) is 21.8. The molecule has 362 valence electrons. The Morgan fingerprint density at radius 1 is 0.829 bits per heavy atom. The van der Waals surface area contributed by atoms with Gasteiger partial charge in [0.05, 0.1) is 56.4 Å². The van der Waals surface area contributed by atoms with E-state index in [1.165, 1.54) is 23.1 Å². The largest absolute Gasteiger partial charge is 0.379 e. The molecule has 5 N–H and O–H groups in total. The van der Waals surface area contributed by atoms with E-state index in [0.717, 1.165) is 25.7 Å². The smallest absolute Gasteiger partial charge is 0.255 e. The minimum Gasteiger partial charge on any atom is -0.379 e. The minimum atomic E-state index is -0.736. The number of nitrogens with zero attached hydrogens (tertiary/aromatic N) is 4. The minimum absolute atomic E-state index is 0.0528. The van der Waals surface area contributed by atoms with E-state index in [0.29, 0.717) is 87.9 Å². The number of carbonyl (C=O) groups excluding carboxylic acids is 5. The third-order valence-electron chi connectivity index (χ3n) is 12.8. The number of amides is 5. The van der Waals surface area contributed by atoms with E-state index >= 15 is 0 Å². The Morgan fingerprint density at radius 3 is 2.34 bits per heavy atom. The fraction of sp³-hybridized carbons (Fsp3) is 0.333. The van der Waals surface area contributed by atoms with E-state index < -0.39 is 23.6 Å². The summed E-state index contributed by atoms with van der Waals surface area (Å²) in [6.07, 6.45) is 5.65. The second-order valence-corrected chi connectivity index (χ2v) is 17.9. The number of aliphatic imine (C=N–C) groups is 1. The number of carbonyl (C=O) groups is 5. The van der Waals surface area contributed by atoms with Gasteiger partial charge in [0.1, 0.15) is 17.7 Å². The van der Waals surface area contributed by atoms with E-state index in [4.69, 9.17) is 26.1 Å². The van der Waals surface area contributed by atoms with Crippen LogP contribution in [0.1, 0.15) is 87.9 Å². The number of nitrogens with one attached hydrogen (secondary N) is 5. The topological polar surface area (TPSA) is 205 Å². The molecule has 4 aliphatic rings. The highest BCUT2D eigenvalue weighted by Gasteiger charge is 2.40. The lowest BCUT2D eigenvalue weighted by Crippen LogP contribution is -2.52. The second-order valence-electron chi connectivity index (χ2n) is 17.5. The number of benzene rings is 4. The molecule has 5 aromatic rings. The first-order valence-corrected chi connectivity index (χ1v) is 23.6. The van der Waals surface area contributed by atoms with Crippen LogP contribution < -0.4 is 26.6 Å². The average molecular weight is 974 g/mol. The number of hydrogen-bond acceptors (Lipinski definition) is 12. The molecule has 5 amide bonds. The van der Waals surface area contributed by atoms with Crippen LogP contribution in [0.15, 0.2) is 90.1 Å². The summed E-state index contributed by atoms with van der Waals surface area (Å²) in [6, 6.07) is 20.5. The third-order valence-corrected chi connectivity index (χ3v) is 13.0. The molecule has 19 heteroatoms. The van der Waals surface area contributed by atoms with Gasteiger partial charge in [-0.3, -0.25) is 34.3 Å². The van der Waals surface area contributed by atoms with Crippen molar-refractivity contribution in [3.8, 4) is 11.3 Å². The average Bonchev–Trinajstić information content (AvgIpc) is 3.60. The molecule has 4 heterocycles. The number of piperidine rings is 1. The monoisotopic (exact) mass is 973 g/mol. The van der Waals surface area contributed by atoms with Crippen molar-refractivity contribution in [2.24, 2.45) is 4.99 Å². The number of rotatable bonds is 17. The molecule has 0 spiro atoms. The van der Waals surface area contributed by atoms with Crippen molar-refractivity contribution >= 4 is 64.2 Å². The summed E-state index contributed by atoms with van der Waals surface area (Å²) in [5.41, 5.74) is 4.91. The summed E-state index contributed by atoms with van der Waals surface area (Å²) in [7, 11) is 0. The molecule has 1 aromatic heterocycles. The Hall–Kier alpha value is -6.99. The zero-order valence-corrected chi connectivity index (χ0v) is 38.8. The van der Waals surface area contributed by atoms with Gasteiger partial charge in [-0.1, -0.05) is 29.8 Å². The Kier molecular flexibility index (Phi) is 14.9. The van der Waals surface area contributed by atoms with Crippen LogP contribution in [0.25, 0.3) is 11.3 Å². The molecule has 3 aliphatic heterocycles. The SMILES string of the molecule is O=C1CCC(N2Cc3c(NC(=O)CCOCCOCCN[C@H]4CC[C@@H](NC(=O)c5ccc(Nc6ncc7c(n6)-c6ccc(Cl)cc6C(c6c(F)cccc6F)=NC7)cc5)CC4)cccc3C2=O)C(=O)N1.